The van der Waals surface area contributed by atoms with Crippen LogP contribution in [0.15, 0.2) is 11.5 Å². The van der Waals surface area contributed by atoms with Crippen LogP contribution in [0.25, 0.3) is 6.08 Å². The lowest BCUT2D eigenvalue weighted by atomic mass is 10.5. The van der Waals surface area contributed by atoms with Crippen LogP contribution in [0.5, 0.6) is 0 Å². The van der Waals surface area contributed by atoms with Crippen LogP contribution < -0.4 is 0 Å². The van der Waals surface area contributed by atoms with Crippen LogP contribution in [0.1, 0.15) is 10.7 Å². The van der Waals surface area contributed by atoms with E-state index in [0.717, 1.165) is 10.7 Å². The van der Waals surface area contributed by atoms with Gasteiger partial charge >= 0.3 is 0 Å². The van der Waals surface area contributed by atoms with Gasteiger partial charge in [-0.15, -0.1) is 11.3 Å². The van der Waals surface area contributed by atoms with E-state index >= 15 is 0 Å². The minimum Gasteiger partial charge on any atom is -0.390 e. The lowest BCUT2D eigenvalue weighted by Gasteiger charge is -1.82. The summed E-state index contributed by atoms with van der Waals surface area (Å²) in [6.07, 6.45) is 3.82. The Morgan fingerprint density at radius 2 is 2.55 bits per heavy atom. The van der Waals surface area contributed by atoms with Gasteiger partial charge in [0.15, 0.2) is 0 Å². The van der Waals surface area contributed by atoms with Crippen molar-refractivity contribution in [1.29, 1.82) is 0 Å². The molecule has 1 aromatic heterocycles. The first-order chi connectivity index (χ1) is 5.36. The summed E-state index contributed by atoms with van der Waals surface area (Å²) in [6.45, 7) is 0.0191. The van der Waals surface area contributed by atoms with Crippen molar-refractivity contribution in [3.63, 3.8) is 0 Å². The van der Waals surface area contributed by atoms with Crippen molar-refractivity contribution in [2.45, 2.75) is 6.61 Å². The standard InChI is InChI=1S/C7H9NOS2/c9-4-6-5-11-7(8-6)2-1-3-10/h1-2,5,9-10H,3-4H2. The van der Waals surface area contributed by atoms with E-state index in [-0.39, 0.29) is 6.61 Å². The molecule has 0 saturated carbocycles. The molecule has 0 spiro atoms. The number of hydrogen-bond acceptors (Lipinski definition) is 4. The summed E-state index contributed by atoms with van der Waals surface area (Å²) in [6, 6.07) is 0. The van der Waals surface area contributed by atoms with Gasteiger partial charge in [0.05, 0.1) is 12.3 Å². The topological polar surface area (TPSA) is 33.1 Å². The molecule has 0 radical (unpaired) electrons. The Morgan fingerprint density at radius 1 is 1.73 bits per heavy atom. The van der Waals surface area contributed by atoms with E-state index in [1.165, 1.54) is 11.3 Å². The fourth-order valence-electron chi connectivity index (χ4n) is 0.625. The second-order valence-corrected chi connectivity index (χ2v) is 3.17. The second-order valence-electron chi connectivity index (χ2n) is 1.92. The number of rotatable bonds is 3. The van der Waals surface area contributed by atoms with Gasteiger partial charge < -0.3 is 5.11 Å². The number of aliphatic hydroxyl groups excluding tert-OH is 1. The largest absolute Gasteiger partial charge is 0.390 e. The Hall–Kier alpha value is -0.320. The SMILES string of the molecule is OCc1csc(C=CCS)n1. The van der Waals surface area contributed by atoms with Crippen molar-refractivity contribution in [1.82, 2.24) is 4.98 Å². The maximum absolute atomic E-state index is 8.68. The summed E-state index contributed by atoms with van der Waals surface area (Å²) in [5, 5.41) is 11.4. The Bertz CT molecular complexity index is 244. The molecule has 0 atom stereocenters. The molecule has 11 heavy (non-hydrogen) atoms. The number of hydrogen-bond donors (Lipinski definition) is 2. The molecule has 1 heterocycles. The zero-order chi connectivity index (χ0) is 8.10. The van der Waals surface area contributed by atoms with E-state index < -0.39 is 0 Å². The summed E-state index contributed by atoms with van der Waals surface area (Å²) < 4.78 is 0. The minimum absolute atomic E-state index is 0.0191. The predicted octanol–water partition coefficient (Wildman–Crippen LogP) is 1.58. The number of thiol groups is 1. The zero-order valence-electron chi connectivity index (χ0n) is 5.90. The highest BCUT2D eigenvalue weighted by Crippen LogP contribution is 2.10. The lowest BCUT2D eigenvalue weighted by molar-refractivity contribution is 0.277. The average molecular weight is 187 g/mol. The van der Waals surface area contributed by atoms with E-state index in [1.807, 2.05) is 17.5 Å². The molecule has 2 nitrogen and oxygen atoms in total. The van der Waals surface area contributed by atoms with Gasteiger partial charge in [-0.3, -0.25) is 0 Å². The summed E-state index contributed by atoms with van der Waals surface area (Å²) >= 11 is 5.54. The van der Waals surface area contributed by atoms with Gasteiger partial charge in [0, 0.05) is 11.1 Å². The molecule has 0 amide bonds. The lowest BCUT2D eigenvalue weighted by Crippen LogP contribution is -1.80. The van der Waals surface area contributed by atoms with Gasteiger partial charge in [-0.05, 0) is 6.08 Å². The van der Waals surface area contributed by atoms with Crippen LogP contribution in [0.2, 0.25) is 0 Å². The highest BCUT2D eigenvalue weighted by atomic mass is 32.1. The number of aliphatic hydroxyl groups is 1. The number of aromatic nitrogens is 1. The normalized spacial score (nSPS) is 11.1. The number of nitrogens with zero attached hydrogens (tertiary/aromatic N) is 1. The van der Waals surface area contributed by atoms with E-state index in [9.17, 15) is 0 Å². The van der Waals surface area contributed by atoms with Crippen molar-refractivity contribution in [2.75, 3.05) is 5.75 Å². The van der Waals surface area contributed by atoms with Gasteiger partial charge in [-0.25, -0.2) is 4.98 Å². The Labute approximate surface area is 75.0 Å². The summed E-state index contributed by atoms with van der Waals surface area (Å²) in [5.74, 6) is 0.716. The van der Waals surface area contributed by atoms with Crippen molar-refractivity contribution < 1.29 is 5.11 Å². The van der Waals surface area contributed by atoms with Gasteiger partial charge in [-0.1, -0.05) is 6.08 Å². The summed E-state index contributed by atoms with van der Waals surface area (Å²) in [4.78, 5) is 4.11. The third-order valence-electron chi connectivity index (χ3n) is 1.10. The second kappa shape index (κ2) is 4.54. The first-order valence-corrected chi connectivity index (χ1v) is 4.70. The van der Waals surface area contributed by atoms with E-state index in [4.69, 9.17) is 5.11 Å². The molecule has 1 rings (SSSR count). The molecule has 0 unspecified atom stereocenters. The third kappa shape index (κ3) is 2.65. The smallest absolute Gasteiger partial charge is 0.116 e. The van der Waals surface area contributed by atoms with Gasteiger partial charge in [-0.2, -0.15) is 12.6 Å². The van der Waals surface area contributed by atoms with E-state index in [0.29, 0.717) is 5.75 Å². The summed E-state index contributed by atoms with van der Waals surface area (Å²) in [7, 11) is 0. The van der Waals surface area contributed by atoms with Gasteiger partial charge in [0.25, 0.3) is 0 Å². The van der Waals surface area contributed by atoms with Crippen molar-refractivity contribution in [3.05, 3.63) is 22.2 Å². The monoisotopic (exact) mass is 187 g/mol. The molecule has 0 aliphatic carbocycles. The van der Waals surface area contributed by atoms with Crippen LogP contribution in [-0.4, -0.2) is 15.8 Å². The molecule has 0 aromatic carbocycles. The van der Waals surface area contributed by atoms with Crippen LogP contribution in [0, 0.1) is 0 Å². The average Bonchev–Trinajstić information content (AvgIpc) is 2.48. The highest BCUT2D eigenvalue weighted by molar-refractivity contribution is 7.80. The fraction of sp³-hybridized carbons (Fsp3) is 0.286. The van der Waals surface area contributed by atoms with Crippen molar-refractivity contribution in [2.24, 2.45) is 0 Å². The van der Waals surface area contributed by atoms with E-state index in [2.05, 4.69) is 17.6 Å². The fourth-order valence-corrected chi connectivity index (χ4v) is 1.46. The Balaban J connectivity index is 2.65. The molecule has 0 fully saturated rings. The maximum Gasteiger partial charge on any atom is 0.116 e. The van der Waals surface area contributed by atoms with Gasteiger partial charge in [0.2, 0.25) is 0 Å². The molecule has 0 aliphatic rings. The van der Waals surface area contributed by atoms with Crippen LogP contribution in [0.3, 0.4) is 0 Å². The third-order valence-corrected chi connectivity index (χ3v) is 2.17. The first-order valence-electron chi connectivity index (χ1n) is 3.19. The molecule has 0 bridgehead atoms. The Morgan fingerprint density at radius 3 is 3.09 bits per heavy atom. The molecule has 0 saturated heterocycles. The molecule has 1 N–H and O–H groups in total. The molecule has 4 heteroatoms. The van der Waals surface area contributed by atoms with Gasteiger partial charge in [0.1, 0.15) is 5.01 Å². The Kier molecular flexibility index (Phi) is 3.62. The minimum atomic E-state index is 0.0191. The van der Waals surface area contributed by atoms with Crippen LogP contribution >= 0.6 is 24.0 Å². The molecule has 0 aliphatic heterocycles. The number of thiazole rings is 1. The van der Waals surface area contributed by atoms with Crippen molar-refractivity contribution >= 4 is 30.0 Å². The maximum atomic E-state index is 8.68. The summed E-state index contributed by atoms with van der Waals surface area (Å²) in [5.41, 5.74) is 0.730. The quantitative estimate of drug-likeness (QED) is 0.704. The predicted molar refractivity (Wildman–Crippen MR) is 50.9 cm³/mol. The van der Waals surface area contributed by atoms with Crippen molar-refractivity contribution in [3.8, 4) is 0 Å². The van der Waals surface area contributed by atoms with E-state index in [1.54, 1.807) is 0 Å². The molecule has 1 aromatic rings. The van der Waals surface area contributed by atoms with Crippen LogP contribution in [0.4, 0.5) is 0 Å². The molecular weight excluding hydrogens is 178 g/mol. The highest BCUT2D eigenvalue weighted by Gasteiger charge is 1.95. The molecule has 60 valence electrons. The molecular formula is C7H9NOS2. The zero-order valence-corrected chi connectivity index (χ0v) is 7.61. The first kappa shape index (κ1) is 8.77. The van der Waals surface area contributed by atoms with Crippen LogP contribution in [-0.2, 0) is 6.61 Å².